The van der Waals surface area contributed by atoms with Gasteiger partial charge in [0.15, 0.2) is 0 Å². The summed E-state index contributed by atoms with van der Waals surface area (Å²) in [6, 6.07) is 5.56. The predicted molar refractivity (Wildman–Crippen MR) is 103 cm³/mol. The number of hydrogen-bond acceptors (Lipinski definition) is 4. The first-order chi connectivity index (χ1) is 13.1. The van der Waals surface area contributed by atoms with E-state index in [1.165, 1.54) is 4.90 Å². The summed E-state index contributed by atoms with van der Waals surface area (Å²) in [5.74, 6) is 0.543. The molecule has 1 aliphatic rings. The number of hydrogen-bond donors (Lipinski definition) is 1. The molecule has 0 aromatic carbocycles. The number of carboxylic acid groups (broad SMARTS) is 1. The molecule has 1 amide bonds. The summed E-state index contributed by atoms with van der Waals surface area (Å²) in [6.45, 7) is 2.08. The molecule has 1 fully saturated rings. The third-order valence-corrected chi connectivity index (χ3v) is 5.33. The van der Waals surface area contributed by atoms with Crippen molar-refractivity contribution in [2.75, 3.05) is 13.1 Å². The summed E-state index contributed by atoms with van der Waals surface area (Å²) >= 11 is 5.97. The van der Waals surface area contributed by atoms with Gasteiger partial charge in [-0.3, -0.25) is 9.67 Å². The predicted octanol–water partition coefficient (Wildman–Crippen LogP) is 3.93. The summed E-state index contributed by atoms with van der Waals surface area (Å²) in [5, 5.41) is 13.9. The van der Waals surface area contributed by atoms with E-state index in [1.54, 1.807) is 6.07 Å². The first-order valence-corrected chi connectivity index (χ1v) is 9.39. The number of rotatable bonds is 4. The molecule has 0 unspecified atom stereocenters. The van der Waals surface area contributed by atoms with Gasteiger partial charge in [0.05, 0.1) is 17.2 Å². The molecule has 0 saturated carbocycles. The maximum Gasteiger partial charge on any atom is 0.407 e. The Balaban J connectivity index is 1.39. The van der Waals surface area contributed by atoms with Crippen molar-refractivity contribution in [3.05, 3.63) is 41.9 Å². The van der Waals surface area contributed by atoms with Crippen LogP contribution in [0.25, 0.3) is 22.2 Å². The number of amides is 1. The van der Waals surface area contributed by atoms with E-state index in [1.807, 2.05) is 35.4 Å². The van der Waals surface area contributed by atoms with Gasteiger partial charge in [0, 0.05) is 43.2 Å². The summed E-state index contributed by atoms with van der Waals surface area (Å²) < 4.78 is 1.94. The standard InChI is InChI=1S/C19H20ClN5O2/c20-18-2-1-16-17(23-18)9-14(10-21-16)15-11-22-25(12-15)8-5-13-3-6-24(7-4-13)19(26)27/h1-2,9-13H,3-8H2,(H,26,27). The number of pyridine rings is 2. The quantitative estimate of drug-likeness (QED) is 0.688. The fourth-order valence-electron chi connectivity index (χ4n) is 3.50. The molecule has 1 N–H and O–H groups in total. The topological polar surface area (TPSA) is 84.1 Å². The normalized spacial score (nSPS) is 15.4. The van der Waals surface area contributed by atoms with Crippen LogP contribution in [-0.2, 0) is 6.54 Å². The minimum Gasteiger partial charge on any atom is -0.465 e. The SMILES string of the molecule is O=C(O)N1CCC(CCn2cc(-c3cnc4ccc(Cl)nc4c3)cn2)CC1. The number of halogens is 1. The number of fused-ring (bicyclic) bond motifs is 1. The second-order valence-corrected chi connectivity index (χ2v) is 7.28. The summed E-state index contributed by atoms with van der Waals surface area (Å²) in [4.78, 5) is 21.2. The molecule has 4 heterocycles. The Morgan fingerprint density at radius 2 is 2.00 bits per heavy atom. The van der Waals surface area contributed by atoms with E-state index in [0.717, 1.165) is 48.0 Å². The van der Waals surface area contributed by atoms with Crippen LogP contribution in [0.3, 0.4) is 0 Å². The van der Waals surface area contributed by atoms with Crippen LogP contribution in [0, 0.1) is 5.92 Å². The van der Waals surface area contributed by atoms with Gasteiger partial charge in [0.1, 0.15) is 5.15 Å². The van der Waals surface area contributed by atoms with Crippen molar-refractivity contribution in [2.24, 2.45) is 5.92 Å². The third-order valence-electron chi connectivity index (χ3n) is 5.12. The van der Waals surface area contributed by atoms with Crippen molar-refractivity contribution >= 4 is 28.7 Å². The Labute approximate surface area is 161 Å². The van der Waals surface area contributed by atoms with E-state index in [0.29, 0.717) is 24.2 Å². The molecule has 7 nitrogen and oxygen atoms in total. The smallest absolute Gasteiger partial charge is 0.407 e. The first kappa shape index (κ1) is 17.7. The lowest BCUT2D eigenvalue weighted by molar-refractivity contribution is 0.122. The van der Waals surface area contributed by atoms with Gasteiger partial charge in [-0.1, -0.05) is 11.6 Å². The number of likely N-dealkylation sites (tertiary alicyclic amines) is 1. The molecule has 27 heavy (non-hydrogen) atoms. The van der Waals surface area contributed by atoms with Crippen LogP contribution in [0.5, 0.6) is 0 Å². The lowest BCUT2D eigenvalue weighted by Crippen LogP contribution is -2.37. The van der Waals surface area contributed by atoms with Crippen LogP contribution in [0.4, 0.5) is 4.79 Å². The Morgan fingerprint density at radius 3 is 2.78 bits per heavy atom. The van der Waals surface area contributed by atoms with E-state index < -0.39 is 6.09 Å². The fourth-order valence-corrected chi connectivity index (χ4v) is 3.66. The van der Waals surface area contributed by atoms with Crippen molar-refractivity contribution in [1.29, 1.82) is 0 Å². The minimum atomic E-state index is -0.815. The first-order valence-electron chi connectivity index (χ1n) is 9.01. The van der Waals surface area contributed by atoms with Gasteiger partial charge in [0.25, 0.3) is 0 Å². The van der Waals surface area contributed by atoms with Crippen LogP contribution in [0.15, 0.2) is 36.8 Å². The van der Waals surface area contributed by atoms with Gasteiger partial charge >= 0.3 is 6.09 Å². The van der Waals surface area contributed by atoms with E-state index in [4.69, 9.17) is 16.7 Å². The Morgan fingerprint density at radius 1 is 1.19 bits per heavy atom. The largest absolute Gasteiger partial charge is 0.465 e. The van der Waals surface area contributed by atoms with Crippen molar-refractivity contribution < 1.29 is 9.90 Å². The van der Waals surface area contributed by atoms with Crippen molar-refractivity contribution in [1.82, 2.24) is 24.6 Å². The second kappa shape index (κ2) is 7.52. The number of aryl methyl sites for hydroxylation is 1. The summed E-state index contributed by atoms with van der Waals surface area (Å²) in [6.07, 6.45) is 7.69. The van der Waals surface area contributed by atoms with E-state index in [2.05, 4.69) is 15.1 Å². The molecule has 0 spiro atoms. The Bertz CT molecular complexity index is 966. The maximum atomic E-state index is 11.0. The Hall–Kier alpha value is -2.67. The highest BCUT2D eigenvalue weighted by Gasteiger charge is 2.22. The van der Waals surface area contributed by atoms with Gasteiger partial charge < -0.3 is 10.0 Å². The minimum absolute atomic E-state index is 0.450. The average molecular weight is 386 g/mol. The molecule has 3 aromatic rings. The molecule has 4 rings (SSSR count). The van der Waals surface area contributed by atoms with Crippen molar-refractivity contribution in [3.8, 4) is 11.1 Å². The highest BCUT2D eigenvalue weighted by molar-refractivity contribution is 6.29. The van der Waals surface area contributed by atoms with Crippen LogP contribution >= 0.6 is 11.6 Å². The fraction of sp³-hybridized carbons (Fsp3) is 0.368. The monoisotopic (exact) mass is 385 g/mol. The van der Waals surface area contributed by atoms with Gasteiger partial charge in [-0.25, -0.2) is 9.78 Å². The highest BCUT2D eigenvalue weighted by atomic mass is 35.5. The molecule has 0 atom stereocenters. The molecule has 0 bridgehead atoms. The lowest BCUT2D eigenvalue weighted by atomic mass is 9.94. The second-order valence-electron chi connectivity index (χ2n) is 6.89. The van der Waals surface area contributed by atoms with Crippen molar-refractivity contribution in [3.63, 3.8) is 0 Å². The zero-order valence-corrected chi connectivity index (χ0v) is 15.5. The molecular weight excluding hydrogens is 366 g/mol. The molecular formula is C19H20ClN5O2. The van der Waals surface area contributed by atoms with Crippen LogP contribution in [0.2, 0.25) is 5.15 Å². The molecule has 3 aromatic heterocycles. The lowest BCUT2D eigenvalue weighted by Gasteiger charge is -2.29. The number of carbonyl (C=O) groups is 1. The highest BCUT2D eigenvalue weighted by Crippen LogP contribution is 2.24. The molecule has 0 radical (unpaired) electrons. The van der Waals surface area contributed by atoms with Gasteiger partial charge in [-0.05, 0) is 43.4 Å². The summed E-state index contributed by atoms with van der Waals surface area (Å²) in [7, 11) is 0. The maximum absolute atomic E-state index is 11.0. The van der Waals surface area contributed by atoms with Gasteiger partial charge in [0.2, 0.25) is 0 Å². The van der Waals surface area contributed by atoms with Crippen LogP contribution < -0.4 is 0 Å². The zero-order valence-electron chi connectivity index (χ0n) is 14.8. The number of nitrogens with zero attached hydrogens (tertiary/aromatic N) is 5. The van der Waals surface area contributed by atoms with Crippen molar-refractivity contribution in [2.45, 2.75) is 25.8 Å². The average Bonchev–Trinajstić information content (AvgIpc) is 3.15. The van der Waals surface area contributed by atoms with Crippen LogP contribution in [-0.4, -0.2) is 48.9 Å². The molecule has 140 valence electrons. The van der Waals surface area contributed by atoms with Crippen LogP contribution in [0.1, 0.15) is 19.3 Å². The number of aromatic nitrogens is 4. The molecule has 1 aliphatic heterocycles. The van der Waals surface area contributed by atoms with E-state index in [-0.39, 0.29) is 0 Å². The van der Waals surface area contributed by atoms with Gasteiger partial charge in [-0.2, -0.15) is 5.10 Å². The van der Waals surface area contributed by atoms with Gasteiger partial charge in [-0.15, -0.1) is 0 Å². The zero-order chi connectivity index (χ0) is 18.8. The number of piperidine rings is 1. The molecule has 8 heteroatoms. The van der Waals surface area contributed by atoms with E-state index in [9.17, 15) is 4.79 Å². The molecule has 0 aliphatic carbocycles. The molecule has 1 saturated heterocycles. The van der Waals surface area contributed by atoms with E-state index >= 15 is 0 Å². The Kier molecular flexibility index (Phi) is 4.94. The summed E-state index contributed by atoms with van der Waals surface area (Å²) in [5.41, 5.74) is 3.52. The third kappa shape index (κ3) is 4.03.